The number of aliphatic hydroxyl groups excluding tert-OH is 3. The minimum absolute atomic E-state index is 0.0598. The lowest BCUT2D eigenvalue weighted by Crippen LogP contribution is -2.78. The first-order valence-corrected chi connectivity index (χ1v) is 20.4. The van der Waals surface area contributed by atoms with Crippen LogP contribution in [0.5, 0.6) is 0 Å². The molecule has 1 amide bonds. The Morgan fingerprint density at radius 1 is 0.917 bits per heavy atom. The van der Waals surface area contributed by atoms with Gasteiger partial charge in [0.1, 0.15) is 24.4 Å². The minimum atomic E-state index is -1.99. The fourth-order valence-electron chi connectivity index (χ4n) is 10.4. The van der Waals surface area contributed by atoms with Crippen molar-refractivity contribution in [3.8, 4) is 0 Å². The molecule has 0 aromatic heterocycles. The Hall–Kier alpha value is -4.67. The molecule has 0 spiro atoms. The maximum absolute atomic E-state index is 14.4. The summed E-state index contributed by atoms with van der Waals surface area (Å²) >= 11 is 0. The Kier molecular flexibility index (Phi) is 12.5. The van der Waals surface area contributed by atoms with Crippen molar-refractivity contribution in [2.75, 3.05) is 6.61 Å². The number of ether oxygens (including phenoxy) is 5. The van der Waals surface area contributed by atoms with Gasteiger partial charge in [0.25, 0.3) is 5.91 Å². The number of hydrogen-bond acceptors (Lipinski definition) is 14. The van der Waals surface area contributed by atoms with E-state index in [1.165, 1.54) is 39.8 Å². The van der Waals surface area contributed by atoms with Gasteiger partial charge in [-0.25, -0.2) is 9.59 Å². The van der Waals surface area contributed by atoms with Gasteiger partial charge in [0.15, 0.2) is 17.8 Å². The lowest BCUT2D eigenvalue weighted by atomic mass is 9.49. The zero-order valence-electron chi connectivity index (χ0n) is 35.2. The molecule has 0 radical (unpaired) electrons. The van der Waals surface area contributed by atoms with Crippen molar-refractivity contribution in [2.24, 2.45) is 22.7 Å². The number of aliphatic hydroxyl groups is 4. The summed E-state index contributed by atoms with van der Waals surface area (Å²) in [6.45, 7) is 11.8. The number of benzene rings is 2. The molecule has 2 aromatic rings. The van der Waals surface area contributed by atoms with Crippen molar-refractivity contribution in [3.63, 3.8) is 0 Å². The second kappa shape index (κ2) is 16.7. The quantitative estimate of drug-likeness (QED) is 0.118. The van der Waals surface area contributed by atoms with Crippen LogP contribution in [0, 0.1) is 22.7 Å². The van der Waals surface area contributed by atoms with Gasteiger partial charge in [0, 0.05) is 37.7 Å². The van der Waals surface area contributed by atoms with E-state index in [-0.39, 0.29) is 48.5 Å². The Morgan fingerprint density at radius 2 is 1.52 bits per heavy atom. The van der Waals surface area contributed by atoms with Gasteiger partial charge in [0.2, 0.25) is 0 Å². The van der Waals surface area contributed by atoms with Crippen LogP contribution in [0.1, 0.15) is 95.4 Å². The molecule has 2 saturated carbocycles. The number of rotatable bonds is 12. The van der Waals surface area contributed by atoms with Crippen LogP contribution in [0.4, 0.5) is 0 Å². The highest BCUT2D eigenvalue weighted by atomic mass is 16.6. The SMILES string of the molecule is CC(=O)O[C@H]1C2=C(C)[C@@H](OC(=O)[C@H](O)[C@H](CC(C)C)NC(=O)c3ccccc3)CC2(C(C)(C)O)[C@@H](OC(=O)c2ccccc2)[C@@H]2[C@]3(OC(C)=O)CO[C@@H]3C[C@H](O)[C@@]2(C)[C@H]1O. The second-order valence-corrected chi connectivity index (χ2v) is 17.9. The summed E-state index contributed by atoms with van der Waals surface area (Å²) in [6, 6.07) is 15.2. The maximum Gasteiger partial charge on any atom is 0.338 e. The summed E-state index contributed by atoms with van der Waals surface area (Å²) in [5.74, 6) is -5.49. The van der Waals surface area contributed by atoms with Gasteiger partial charge >= 0.3 is 23.9 Å². The molecular formula is C45H57NO14. The van der Waals surface area contributed by atoms with Crippen molar-refractivity contribution in [1.82, 2.24) is 5.32 Å². The highest BCUT2D eigenvalue weighted by molar-refractivity contribution is 5.94. The number of esters is 4. The van der Waals surface area contributed by atoms with Gasteiger partial charge in [-0.3, -0.25) is 14.4 Å². The monoisotopic (exact) mass is 835 g/mol. The van der Waals surface area contributed by atoms with E-state index in [4.69, 9.17) is 23.7 Å². The molecule has 4 aliphatic rings. The number of carbonyl (C=O) groups is 5. The Balaban J connectivity index is 1.53. The van der Waals surface area contributed by atoms with Crippen LogP contribution in [0.25, 0.3) is 0 Å². The standard InChI is InChI=1S/C45H57NO14/c1-23(2)19-29(46-39(52)27-15-11-9-12-16-27)34(50)41(54)58-30-21-44(42(6,7)55)33(24(30)3)35(57-25(4)47)37(51)43(8)31(49)20-32-45(22-56-32,60-26(5)48)36(43)38(44)59-40(53)28-17-13-10-14-18-28/h9-18,23,29-32,34-38,49-51,55H,19-22H2,1-8H3,(H,46,52)/t29-,30-,31-,32+,34+,35-,36-,37-,38-,43+,44?,45-/m0/s1. The third kappa shape index (κ3) is 7.63. The molecule has 1 unspecified atom stereocenters. The molecule has 326 valence electrons. The molecule has 15 heteroatoms. The normalized spacial score (nSPS) is 33.1. The molecule has 6 rings (SSSR count). The molecule has 5 N–H and O–H groups in total. The zero-order valence-corrected chi connectivity index (χ0v) is 35.2. The van der Waals surface area contributed by atoms with Crippen molar-refractivity contribution in [3.05, 3.63) is 82.9 Å². The Labute approximate surface area is 349 Å². The lowest BCUT2D eigenvalue weighted by Gasteiger charge is -2.65. The van der Waals surface area contributed by atoms with Crippen molar-refractivity contribution in [2.45, 2.75) is 135 Å². The highest BCUT2D eigenvalue weighted by Gasteiger charge is 2.79. The van der Waals surface area contributed by atoms with Gasteiger partial charge in [0.05, 0.1) is 41.3 Å². The molecule has 60 heavy (non-hydrogen) atoms. The summed E-state index contributed by atoms with van der Waals surface area (Å²) in [7, 11) is 0. The maximum atomic E-state index is 14.4. The van der Waals surface area contributed by atoms with Gasteiger partial charge < -0.3 is 49.4 Å². The van der Waals surface area contributed by atoms with Crippen LogP contribution in [0.3, 0.4) is 0 Å². The molecule has 1 heterocycles. The minimum Gasteiger partial charge on any atom is -0.457 e. The predicted octanol–water partition coefficient (Wildman–Crippen LogP) is 3.20. The largest absolute Gasteiger partial charge is 0.457 e. The first-order chi connectivity index (χ1) is 28.1. The summed E-state index contributed by atoms with van der Waals surface area (Å²) in [6.07, 6.45) is -10.9. The third-order valence-corrected chi connectivity index (χ3v) is 13.2. The van der Waals surface area contributed by atoms with Crippen LogP contribution in [-0.2, 0) is 38.1 Å². The molecule has 0 bridgehead atoms. The second-order valence-electron chi connectivity index (χ2n) is 17.9. The van der Waals surface area contributed by atoms with E-state index in [9.17, 15) is 44.4 Å². The summed E-state index contributed by atoms with van der Waals surface area (Å²) in [4.78, 5) is 67.8. The van der Waals surface area contributed by atoms with Gasteiger partial charge in [-0.15, -0.1) is 0 Å². The smallest absolute Gasteiger partial charge is 0.338 e. The van der Waals surface area contributed by atoms with Crippen LogP contribution in [0.2, 0.25) is 0 Å². The first kappa shape index (κ1) is 44.9. The number of fused-ring (bicyclic) bond motifs is 4. The summed E-state index contributed by atoms with van der Waals surface area (Å²) in [5, 5.41) is 51.9. The zero-order chi connectivity index (χ0) is 44.1. The number of hydrogen-bond donors (Lipinski definition) is 5. The molecule has 1 saturated heterocycles. The Bertz CT molecular complexity index is 2000. The number of amides is 1. The van der Waals surface area contributed by atoms with Crippen LogP contribution < -0.4 is 5.32 Å². The number of nitrogens with one attached hydrogen (secondary N) is 1. The van der Waals surface area contributed by atoms with E-state index in [0.29, 0.717) is 5.56 Å². The molecular weight excluding hydrogens is 778 g/mol. The van der Waals surface area contributed by atoms with E-state index < -0.39 is 107 Å². The van der Waals surface area contributed by atoms with E-state index in [1.807, 2.05) is 13.8 Å². The van der Waals surface area contributed by atoms with Crippen LogP contribution in [0.15, 0.2) is 71.8 Å². The van der Waals surface area contributed by atoms with E-state index in [2.05, 4.69) is 5.32 Å². The van der Waals surface area contributed by atoms with E-state index >= 15 is 0 Å². The van der Waals surface area contributed by atoms with E-state index in [1.54, 1.807) is 55.5 Å². The molecule has 1 aliphatic heterocycles. The average Bonchev–Trinajstić information content (AvgIpc) is 3.45. The van der Waals surface area contributed by atoms with Crippen molar-refractivity contribution >= 4 is 29.8 Å². The third-order valence-electron chi connectivity index (χ3n) is 13.2. The van der Waals surface area contributed by atoms with Crippen LogP contribution in [-0.4, -0.2) is 117 Å². The molecule has 2 aromatic carbocycles. The van der Waals surface area contributed by atoms with Crippen LogP contribution >= 0.6 is 0 Å². The lowest BCUT2D eigenvalue weighted by molar-refractivity contribution is -0.351. The highest BCUT2D eigenvalue weighted by Crippen LogP contribution is 2.68. The predicted molar refractivity (Wildman–Crippen MR) is 213 cm³/mol. The molecule has 15 nitrogen and oxygen atoms in total. The van der Waals surface area contributed by atoms with Gasteiger partial charge in [-0.05, 0) is 68.5 Å². The average molecular weight is 836 g/mol. The Morgan fingerprint density at radius 3 is 2.03 bits per heavy atom. The molecule has 3 aliphatic carbocycles. The number of carbonyl (C=O) groups excluding carboxylic acids is 5. The van der Waals surface area contributed by atoms with Gasteiger partial charge in [-0.2, -0.15) is 0 Å². The summed E-state index contributed by atoms with van der Waals surface area (Å²) < 4.78 is 30.7. The molecule has 12 atom stereocenters. The first-order valence-electron chi connectivity index (χ1n) is 20.4. The fraction of sp³-hybridized carbons (Fsp3) is 0.578. The molecule has 3 fully saturated rings. The summed E-state index contributed by atoms with van der Waals surface area (Å²) in [5.41, 5.74) is -6.64. The van der Waals surface area contributed by atoms with Gasteiger partial charge in [-0.1, -0.05) is 57.2 Å². The topological polar surface area (TPSA) is 224 Å². The van der Waals surface area contributed by atoms with Crippen molar-refractivity contribution < 1.29 is 68.1 Å². The van der Waals surface area contributed by atoms with Crippen molar-refractivity contribution in [1.29, 1.82) is 0 Å². The van der Waals surface area contributed by atoms with E-state index in [0.717, 1.165) is 6.92 Å². The fourth-order valence-corrected chi connectivity index (χ4v) is 10.4.